The molecule has 0 saturated carbocycles. The third-order valence-electron chi connectivity index (χ3n) is 3.67. The molecule has 0 radical (unpaired) electrons. The summed E-state index contributed by atoms with van der Waals surface area (Å²) in [6.45, 7) is 0. The maximum absolute atomic E-state index is 12.8. The lowest BCUT2D eigenvalue weighted by Crippen LogP contribution is -2.44. The predicted octanol–water partition coefficient (Wildman–Crippen LogP) is 0.371. The molecule has 1 aromatic rings. The molecule has 9 heteroatoms. The van der Waals surface area contributed by atoms with Crippen LogP contribution in [0.2, 0.25) is 0 Å². The fraction of sp³-hybridized carbons (Fsp3) is 0.400. The quantitative estimate of drug-likeness (QED) is 0.585. The van der Waals surface area contributed by atoms with Gasteiger partial charge in [0.05, 0.1) is 17.4 Å². The van der Waals surface area contributed by atoms with Crippen LogP contribution >= 0.6 is 0 Å². The first-order valence-corrected chi connectivity index (χ1v) is 9.17. The van der Waals surface area contributed by atoms with Crippen LogP contribution in [0.25, 0.3) is 0 Å². The Hall–Kier alpha value is -2.29. The average Bonchev–Trinajstić information content (AvgIpc) is 2.91. The van der Waals surface area contributed by atoms with E-state index < -0.39 is 33.4 Å². The summed E-state index contributed by atoms with van der Waals surface area (Å²) in [6, 6.07) is 4.97. The number of ketones is 1. The molecule has 1 aromatic carbocycles. The second kappa shape index (κ2) is 7.52. The summed E-state index contributed by atoms with van der Waals surface area (Å²) in [5, 5.41) is 0. The summed E-state index contributed by atoms with van der Waals surface area (Å²) in [5.74, 6) is -2.84. The normalized spacial score (nSPS) is 18.8. The Bertz CT molecular complexity index is 746. The van der Waals surface area contributed by atoms with Gasteiger partial charge in [-0.1, -0.05) is 0 Å². The maximum atomic E-state index is 12.8. The summed E-state index contributed by atoms with van der Waals surface area (Å²) >= 11 is 0. The van der Waals surface area contributed by atoms with Gasteiger partial charge in [-0.15, -0.1) is 0 Å². The van der Waals surface area contributed by atoms with Crippen LogP contribution in [0, 0.1) is 11.7 Å². The van der Waals surface area contributed by atoms with Crippen molar-refractivity contribution in [2.45, 2.75) is 19.3 Å². The molecule has 0 spiro atoms. The van der Waals surface area contributed by atoms with E-state index >= 15 is 0 Å². The van der Waals surface area contributed by atoms with Crippen LogP contribution in [0.3, 0.4) is 0 Å². The summed E-state index contributed by atoms with van der Waals surface area (Å²) in [6.07, 6.45) is -0.0162. The molecule has 0 bridgehead atoms. The highest BCUT2D eigenvalue weighted by atomic mass is 32.2. The first-order chi connectivity index (χ1) is 11.3. The first kappa shape index (κ1) is 18.1. The lowest BCUT2D eigenvalue weighted by atomic mass is 10.1. The van der Waals surface area contributed by atoms with E-state index in [0.717, 1.165) is 12.1 Å². The number of benzene rings is 1. The summed E-state index contributed by atoms with van der Waals surface area (Å²) in [5.41, 5.74) is 4.62. The fourth-order valence-electron chi connectivity index (χ4n) is 2.30. The molecule has 24 heavy (non-hydrogen) atoms. The Kier molecular flexibility index (Phi) is 5.66. The van der Waals surface area contributed by atoms with Crippen molar-refractivity contribution in [1.82, 2.24) is 10.9 Å². The minimum absolute atomic E-state index is 0.0365. The Morgan fingerprint density at radius 2 is 1.75 bits per heavy atom. The topological polar surface area (TPSA) is 109 Å². The molecule has 1 fully saturated rings. The van der Waals surface area contributed by atoms with Gasteiger partial charge in [-0.05, 0) is 30.7 Å². The van der Waals surface area contributed by atoms with Crippen molar-refractivity contribution < 1.29 is 27.2 Å². The van der Waals surface area contributed by atoms with Crippen LogP contribution in [0.5, 0.6) is 0 Å². The Balaban J connectivity index is 1.72. The van der Waals surface area contributed by atoms with Gasteiger partial charge in [0.2, 0.25) is 11.8 Å². The lowest BCUT2D eigenvalue weighted by Gasteiger charge is -2.10. The molecular formula is C15H17FN2O5S. The fourth-order valence-corrected chi connectivity index (χ4v) is 4.05. The van der Waals surface area contributed by atoms with Gasteiger partial charge in [-0.3, -0.25) is 25.2 Å². The molecule has 1 aliphatic rings. The molecule has 0 aliphatic carbocycles. The molecule has 2 N–H and O–H groups in total. The molecule has 1 atom stereocenters. The largest absolute Gasteiger partial charge is 0.294 e. The van der Waals surface area contributed by atoms with Crippen LogP contribution in [-0.4, -0.2) is 37.5 Å². The number of hydrogen-bond donors (Lipinski definition) is 2. The van der Waals surface area contributed by atoms with Crippen molar-refractivity contribution in [2.75, 3.05) is 11.5 Å². The number of rotatable bonds is 5. The number of carbonyl (C=O) groups excluding carboxylic acids is 3. The molecule has 7 nitrogen and oxygen atoms in total. The first-order valence-electron chi connectivity index (χ1n) is 7.35. The molecule has 0 aromatic heterocycles. The van der Waals surface area contributed by atoms with Crippen LogP contribution in [0.4, 0.5) is 4.39 Å². The zero-order valence-electron chi connectivity index (χ0n) is 12.7. The molecular weight excluding hydrogens is 339 g/mol. The summed E-state index contributed by atoms with van der Waals surface area (Å²) < 4.78 is 35.3. The number of carbonyl (C=O) groups is 3. The third kappa shape index (κ3) is 5.12. The second-order valence-corrected chi connectivity index (χ2v) is 7.80. The highest BCUT2D eigenvalue weighted by Gasteiger charge is 2.33. The molecule has 1 aliphatic heterocycles. The van der Waals surface area contributed by atoms with Crippen LogP contribution in [0.1, 0.15) is 29.6 Å². The van der Waals surface area contributed by atoms with Gasteiger partial charge in [0.25, 0.3) is 0 Å². The standard InChI is InChI=1S/C15H17FN2O5S/c16-12-3-1-10(2-4-12)13(19)5-6-14(20)17-18-15(21)11-7-8-24(22,23)9-11/h1-4,11H,5-9H2,(H,17,20)(H,18,21)/t11-/m1/s1. The molecule has 2 rings (SSSR count). The van der Waals surface area contributed by atoms with Crippen LogP contribution in [-0.2, 0) is 19.4 Å². The van der Waals surface area contributed by atoms with E-state index in [2.05, 4.69) is 10.9 Å². The minimum atomic E-state index is -3.18. The predicted molar refractivity (Wildman–Crippen MR) is 83.0 cm³/mol. The summed E-state index contributed by atoms with van der Waals surface area (Å²) in [4.78, 5) is 35.2. The maximum Gasteiger partial charge on any atom is 0.242 e. The molecule has 0 unspecified atom stereocenters. The van der Waals surface area contributed by atoms with Crippen molar-refractivity contribution in [3.63, 3.8) is 0 Å². The van der Waals surface area contributed by atoms with Crippen molar-refractivity contribution in [3.05, 3.63) is 35.6 Å². The lowest BCUT2D eigenvalue weighted by molar-refractivity contribution is -0.130. The monoisotopic (exact) mass is 356 g/mol. The van der Waals surface area contributed by atoms with Gasteiger partial charge < -0.3 is 0 Å². The van der Waals surface area contributed by atoms with Gasteiger partial charge in [0.15, 0.2) is 15.6 Å². The highest BCUT2D eigenvalue weighted by Crippen LogP contribution is 2.18. The van der Waals surface area contributed by atoms with E-state index in [0.29, 0.717) is 5.56 Å². The highest BCUT2D eigenvalue weighted by molar-refractivity contribution is 7.91. The van der Waals surface area contributed by atoms with E-state index in [9.17, 15) is 27.2 Å². The van der Waals surface area contributed by atoms with Crippen molar-refractivity contribution in [3.8, 4) is 0 Å². The Labute approximate surface area is 138 Å². The molecule has 130 valence electrons. The zero-order valence-corrected chi connectivity index (χ0v) is 13.6. The third-order valence-corrected chi connectivity index (χ3v) is 5.44. The van der Waals surface area contributed by atoms with Crippen molar-refractivity contribution >= 4 is 27.4 Å². The number of halogens is 1. The van der Waals surface area contributed by atoms with Crippen LogP contribution < -0.4 is 10.9 Å². The average molecular weight is 356 g/mol. The minimum Gasteiger partial charge on any atom is -0.294 e. The van der Waals surface area contributed by atoms with Gasteiger partial charge in [-0.25, -0.2) is 12.8 Å². The number of sulfone groups is 1. The smallest absolute Gasteiger partial charge is 0.242 e. The second-order valence-electron chi connectivity index (χ2n) is 5.57. The molecule has 1 saturated heterocycles. The SMILES string of the molecule is O=C(CCC(=O)c1ccc(F)cc1)NNC(=O)[C@@H]1CCS(=O)(=O)C1. The number of hydrogen-bond acceptors (Lipinski definition) is 5. The van der Waals surface area contributed by atoms with E-state index in [1.807, 2.05) is 0 Å². The number of amides is 2. The number of nitrogens with one attached hydrogen (secondary N) is 2. The number of Topliss-reactive ketones (excluding diaryl/α,β-unsaturated/α-hetero) is 1. The van der Waals surface area contributed by atoms with Gasteiger partial charge >= 0.3 is 0 Å². The van der Waals surface area contributed by atoms with E-state index in [4.69, 9.17) is 0 Å². The number of hydrazine groups is 1. The molecule has 1 heterocycles. The Morgan fingerprint density at radius 1 is 1.08 bits per heavy atom. The molecule has 2 amide bonds. The van der Waals surface area contributed by atoms with E-state index in [-0.39, 0.29) is 36.6 Å². The van der Waals surface area contributed by atoms with E-state index in [1.165, 1.54) is 12.1 Å². The summed E-state index contributed by atoms with van der Waals surface area (Å²) in [7, 11) is -3.18. The van der Waals surface area contributed by atoms with Gasteiger partial charge in [0, 0.05) is 18.4 Å². The van der Waals surface area contributed by atoms with Gasteiger partial charge in [0.1, 0.15) is 5.82 Å². The Morgan fingerprint density at radius 3 is 2.33 bits per heavy atom. The van der Waals surface area contributed by atoms with Crippen LogP contribution in [0.15, 0.2) is 24.3 Å². The zero-order chi connectivity index (χ0) is 17.7. The van der Waals surface area contributed by atoms with Crippen molar-refractivity contribution in [1.29, 1.82) is 0 Å². The van der Waals surface area contributed by atoms with Gasteiger partial charge in [-0.2, -0.15) is 0 Å². The van der Waals surface area contributed by atoms with Crippen molar-refractivity contribution in [2.24, 2.45) is 5.92 Å². The van der Waals surface area contributed by atoms with E-state index in [1.54, 1.807) is 0 Å².